The van der Waals surface area contributed by atoms with Crippen LogP contribution in [0.5, 0.6) is 11.5 Å². The predicted molar refractivity (Wildman–Crippen MR) is 62.5 cm³/mol. The van der Waals surface area contributed by atoms with Crippen LogP contribution in [0.25, 0.3) is 0 Å². The largest absolute Gasteiger partial charge is 0.496 e. The van der Waals surface area contributed by atoms with Crippen LogP contribution in [-0.2, 0) is 0 Å². The van der Waals surface area contributed by atoms with Gasteiger partial charge in [0.2, 0.25) is 0 Å². The normalized spacial score (nSPS) is 12.1. The zero-order chi connectivity index (χ0) is 12.3. The number of methoxy groups -OCH3 is 2. The molecule has 1 atom stereocenters. The van der Waals surface area contributed by atoms with Gasteiger partial charge in [-0.1, -0.05) is 11.6 Å². The number of ketones is 1. The summed E-state index contributed by atoms with van der Waals surface area (Å²) in [6.45, 7) is 1.61. The molecule has 1 unspecified atom stereocenters. The summed E-state index contributed by atoms with van der Waals surface area (Å²) in [5.41, 5.74) is 5.90. The van der Waals surface area contributed by atoms with Gasteiger partial charge in [-0.2, -0.15) is 0 Å². The van der Waals surface area contributed by atoms with Crippen molar-refractivity contribution in [1.82, 2.24) is 0 Å². The van der Waals surface area contributed by atoms with Crippen molar-refractivity contribution >= 4 is 17.4 Å². The van der Waals surface area contributed by atoms with Gasteiger partial charge in [0.05, 0.1) is 30.8 Å². The third-order valence-corrected chi connectivity index (χ3v) is 2.45. The van der Waals surface area contributed by atoms with Gasteiger partial charge in [-0.05, 0) is 13.0 Å². The van der Waals surface area contributed by atoms with Crippen molar-refractivity contribution < 1.29 is 14.3 Å². The molecule has 0 radical (unpaired) electrons. The average Bonchev–Trinajstić information content (AvgIpc) is 2.27. The number of benzene rings is 1. The Hall–Kier alpha value is -1.26. The van der Waals surface area contributed by atoms with Gasteiger partial charge in [0.1, 0.15) is 11.5 Å². The first-order chi connectivity index (χ1) is 7.51. The first-order valence-corrected chi connectivity index (χ1v) is 5.10. The molecule has 1 aromatic carbocycles. The van der Waals surface area contributed by atoms with Gasteiger partial charge in [0.25, 0.3) is 0 Å². The smallest absolute Gasteiger partial charge is 0.183 e. The van der Waals surface area contributed by atoms with Crippen molar-refractivity contribution in [1.29, 1.82) is 0 Å². The van der Waals surface area contributed by atoms with E-state index in [1.54, 1.807) is 13.0 Å². The fourth-order valence-corrected chi connectivity index (χ4v) is 1.54. The second kappa shape index (κ2) is 5.18. The molecule has 0 saturated heterocycles. The third kappa shape index (κ3) is 2.46. The van der Waals surface area contributed by atoms with Gasteiger partial charge >= 0.3 is 0 Å². The summed E-state index contributed by atoms with van der Waals surface area (Å²) in [6, 6.07) is 2.47. The minimum Gasteiger partial charge on any atom is -0.496 e. The molecule has 2 N–H and O–H groups in total. The van der Waals surface area contributed by atoms with Crippen molar-refractivity contribution in [2.45, 2.75) is 13.0 Å². The highest BCUT2D eigenvalue weighted by atomic mass is 35.5. The maximum absolute atomic E-state index is 11.8. The minimum atomic E-state index is -0.599. The van der Waals surface area contributed by atoms with Crippen molar-refractivity contribution in [2.75, 3.05) is 14.2 Å². The van der Waals surface area contributed by atoms with E-state index < -0.39 is 6.04 Å². The van der Waals surface area contributed by atoms with Crippen LogP contribution >= 0.6 is 11.6 Å². The lowest BCUT2D eigenvalue weighted by molar-refractivity contribution is 0.0965. The lowest BCUT2D eigenvalue weighted by Crippen LogP contribution is -2.27. The monoisotopic (exact) mass is 243 g/mol. The summed E-state index contributed by atoms with van der Waals surface area (Å²) in [7, 11) is 2.97. The molecule has 0 aliphatic carbocycles. The molecule has 0 amide bonds. The molecule has 88 valence electrons. The molecular formula is C11H14ClNO3. The molecule has 0 saturated carbocycles. The zero-order valence-corrected chi connectivity index (χ0v) is 10.2. The molecule has 0 bridgehead atoms. The topological polar surface area (TPSA) is 61.5 Å². The lowest BCUT2D eigenvalue weighted by Gasteiger charge is -2.12. The van der Waals surface area contributed by atoms with Crippen molar-refractivity contribution in [3.8, 4) is 11.5 Å². The Morgan fingerprint density at radius 2 is 1.88 bits per heavy atom. The second-order valence-corrected chi connectivity index (χ2v) is 3.75. The van der Waals surface area contributed by atoms with Gasteiger partial charge < -0.3 is 15.2 Å². The minimum absolute atomic E-state index is 0.221. The van der Waals surface area contributed by atoms with Crippen LogP contribution in [0.1, 0.15) is 17.3 Å². The summed E-state index contributed by atoms with van der Waals surface area (Å²) in [4.78, 5) is 11.8. The summed E-state index contributed by atoms with van der Waals surface area (Å²) in [5.74, 6) is 0.643. The molecule has 16 heavy (non-hydrogen) atoms. The number of hydrogen-bond donors (Lipinski definition) is 1. The predicted octanol–water partition coefficient (Wildman–Crippen LogP) is 1.89. The van der Waals surface area contributed by atoms with E-state index in [1.807, 2.05) is 0 Å². The van der Waals surface area contributed by atoms with E-state index in [2.05, 4.69) is 0 Å². The first kappa shape index (κ1) is 12.8. The Balaban J connectivity index is 3.28. The molecule has 0 spiro atoms. The zero-order valence-electron chi connectivity index (χ0n) is 9.41. The number of nitrogens with two attached hydrogens (primary N) is 1. The van der Waals surface area contributed by atoms with E-state index in [9.17, 15) is 4.79 Å². The summed E-state index contributed by atoms with van der Waals surface area (Å²) >= 11 is 5.93. The fraction of sp³-hybridized carbons (Fsp3) is 0.364. The summed E-state index contributed by atoms with van der Waals surface area (Å²) in [5, 5.41) is 0.354. The van der Waals surface area contributed by atoms with Crippen LogP contribution in [0.2, 0.25) is 5.02 Å². The average molecular weight is 244 g/mol. The number of hydrogen-bond acceptors (Lipinski definition) is 4. The quantitative estimate of drug-likeness (QED) is 0.821. The number of ether oxygens (including phenoxy) is 2. The number of rotatable bonds is 4. The Morgan fingerprint density at radius 3 is 2.31 bits per heavy atom. The van der Waals surface area contributed by atoms with Crippen LogP contribution in [0, 0.1) is 0 Å². The van der Waals surface area contributed by atoms with Gasteiger partial charge in [0.15, 0.2) is 5.78 Å². The highest BCUT2D eigenvalue weighted by Crippen LogP contribution is 2.32. The van der Waals surface area contributed by atoms with Crippen LogP contribution in [0.4, 0.5) is 0 Å². The fourth-order valence-electron chi connectivity index (χ4n) is 1.30. The molecule has 0 aromatic heterocycles. The number of carbonyl (C=O) groups excluding carboxylic acids is 1. The number of Topliss-reactive ketones (excluding diaryl/α,β-unsaturated/α-hetero) is 1. The molecule has 5 heteroatoms. The van der Waals surface area contributed by atoms with E-state index in [4.69, 9.17) is 26.8 Å². The SMILES string of the molecule is COc1cc(OC)c(C(=O)C(C)N)cc1Cl. The standard InChI is InChI=1S/C11H14ClNO3/c1-6(13)11(14)7-4-8(12)10(16-3)5-9(7)15-2/h4-6H,13H2,1-3H3. The summed E-state index contributed by atoms with van der Waals surface area (Å²) in [6.07, 6.45) is 0. The Morgan fingerprint density at radius 1 is 1.31 bits per heavy atom. The van der Waals surface area contributed by atoms with E-state index in [1.165, 1.54) is 20.3 Å². The number of carbonyl (C=O) groups is 1. The van der Waals surface area contributed by atoms with E-state index in [-0.39, 0.29) is 5.78 Å². The Labute approximate surface area is 99.3 Å². The lowest BCUT2D eigenvalue weighted by atomic mass is 10.0. The molecule has 0 aliphatic rings. The Bertz CT molecular complexity index is 404. The summed E-state index contributed by atoms with van der Waals surface area (Å²) < 4.78 is 10.1. The van der Waals surface area contributed by atoms with Crippen molar-refractivity contribution in [2.24, 2.45) is 5.73 Å². The number of halogens is 1. The van der Waals surface area contributed by atoms with Gasteiger partial charge in [-0.25, -0.2) is 0 Å². The highest BCUT2D eigenvalue weighted by molar-refractivity contribution is 6.32. The van der Waals surface area contributed by atoms with Gasteiger partial charge in [0, 0.05) is 6.07 Å². The molecular weight excluding hydrogens is 230 g/mol. The Kier molecular flexibility index (Phi) is 4.15. The van der Waals surface area contributed by atoms with Crippen LogP contribution in [-0.4, -0.2) is 26.0 Å². The van der Waals surface area contributed by atoms with Crippen molar-refractivity contribution in [3.63, 3.8) is 0 Å². The molecule has 0 heterocycles. The third-order valence-electron chi connectivity index (χ3n) is 2.15. The molecule has 1 rings (SSSR count). The molecule has 0 aliphatic heterocycles. The highest BCUT2D eigenvalue weighted by Gasteiger charge is 2.18. The van der Waals surface area contributed by atoms with E-state index in [0.717, 1.165) is 0 Å². The van der Waals surface area contributed by atoms with E-state index in [0.29, 0.717) is 22.1 Å². The molecule has 4 nitrogen and oxygen atoms in total. The van der Waals surface area contributed by atoms with Crippen molar-refractivity contribution in [3.05, 3.63) is 22.7 Å². The van der Waals surface area contributed by atoms with E-state index >= 15 is 0 Å². The van der Waals surface area contributed by atoms with Crippen LogP contribution < -0.4 is 15.2 Å². The van der Waals surface area contributed by atoms with Gasteiger partial charge in [-0.15, -0.1) is 0 Å². The van der Waals surface area contributed by atoms with Gasteiger partial charge in [-0.3, -0.25) is 4.79 Å². The maximum Gasteiger partial charge on any atom is 0.183 e. The maximum atomic E-state index is 11.8. The first-order valence-electron chi connectivity index (χ1n) is 4.72. The molecule has 1 aromatic rings. The van der Waals surface area contributed by atoms with Crippen LogP contribution in [0.15, 0.2) is 12.1 Å². The second-order valence-electron chi connectivity index (χ2n) is 3.34. The molecule has 0 fully saturated rings. The van der Waals surface area contributed by atoms with Crippen LogP contribution in [0.3, 0.4) is 0 Å².